The van der Waals surface area contributed by atoms with Crippen LogP contribution in [0.15, 0.2) is 30.6 Å². The highest BCUT2D eigenvalue weighted by Crippen LogP contribution is 2.21. The molecule has 2 aromatic rings. The fourth-order valence-electron chi connectivity index (χ4n) is 1.80. The Kier molecular flexibility index (Phi) is 2.52. The lowest BCUT2D eigenvalue weighted by Crippen LogP contribution is -2.43. The van der Waals surface area contributed by atoms with Gasteiger partial charge in [0.25, 0.3) is 5.69 Å². The van der Waals surface area contributed by atoms with Crippen LogP contribution in [0.1, 0.15) is 6.04 Å². The number of nitro groups is 1. The first-order valence-electron chi connectivity index (χ1n) is 5.61. The summed E-state index contributed by atoms with van der Waals surface area (Å²) in [6.07, 6.45) is 1.67. The van der Waals surface area contributed by atoms with Crippen molar-refractivity contribution >= 4 is 5.69 Å². The Balaban J connectivity index is 1.91. The Morgan fingerprint density at radius 2 is 2.28 bits per heavy atom. The van der Waals surface area contributed by atoms with Crippen LogP contribution in [0.5, 0.6) is 0 Å². The minimum atomic E-state index is -0.420. The van der Waals surface area contributed by atoms with Gasteiger partial charge >= 0.3 is 0 Å². The summed E-state index contributed by atoms with van der Waals surface area (Å²) in [4.78, 5) is 14.5. The Bertz CT molecular complexity index is 591. The van der Waals surface area contributed by atoms with E-state index in [1.54, 1.807) is 23.1 Å². The summed E-state index contributed by atoms with van der Waals surface area (Å²) in [5.41, 5.74) is 0.712. The predicted molar refractivity (Wildman–Crippen MR) is 64.0 cm³/mol. The van der Waals surface area contributed by atoms with Gasteiger partial charge in [0.15, 0.2) is 5.82 Å². The van der Waals surface area contributed by atoms with Crippen molar-refractivity contribution < 1.29 is 4.92 Å². The van der Waals surface area contributed by atoms with Crippen LogP contribution in [-0.2, 0) is 0 Å². The average molecular weight is 245 g/mol. The van der Waals surface area contributed by atoms with Crippen LogP contribution >= 0.6 is 0 Å². The molecule has 0 spiro atoms. The molecular weight excluding hydrogens is 234 g/mol. The summed E-state index contributed by atoms with van der Waals surface area (Å²) in [5, 5.41) is 18.2. The number of nitrogens with one attached hydrogen (secondary N) is 1. The van der Waals surface area contributed by atoms with E-state index in [4.69, 9.17) is 0 Å². The Labute approximate surface area is 103 Å². The Morgan fingerprint density at radius 1 is 1.44 bits per heavy atom. The van der Waals surface area contributed by atoms with E-state index in [2.05, 4.69) is 15.4 Å². The zero-order valence-corrected chi connectivity index (χ0v) is 9.48. The van der Waals surface area contributed by atoms with E-state index in [9.17, 15) is 10.1 Å². The summed E-state index contributed by atoms with van der Waals surface area (Å²) in [5.74, 6) is 0.519. The lowest BCUT2D eigenvalue weighted by Gasteiger charge is -2.26. The zero-order valence-electron chi connectivity index (χ0n) is 9.48. The summed E-state index contributed by atoms with van der Waals surface area (Å²) in [7, 11) is 0. The summed E-state index contributed by atoms with van der Waals surface area (Å²) >= 11 is 0. The number of nitrogens with zero attached hydrogens (tertiary/aromatic N) is 4. The van der Waals surface area contributed by atoms with E-state index in [1.165, 1.54) is 12.1 Å². The number of benzene rings is 1. The van der Waals surface area contributed by atoms with Gasteiger partial charge in [0.05, 0.1) is 11.0 Å². The van der Waals surface area contributed by atoms with E-state index in [1.807, 2.05) is 0 Å². The number of aromatic nitrogens is 3. The van der Waals surface area contributed by atoms with Gasteiger partial charge in [-0.3, -0.25) is 10.1 Å². The van der Waals surface area contributed by atoms with Crippen LogP contribution < -0.4 is 5.32 Å². The van der Waals surface area contributed by atoms with Gasteiger partial charge in [-0.1, -0.05) is 12.1 Å². The molecule has 7 nitrogen and oxygen atoms in total. The molecule has 0 aliphatic carbocycles. The van der Waals surface area contributed by atoms with Gasteiger partial charge in [0.1, 0.15) is 6.33 Å². The maximum absolute atomic E-state index is 10.7. The van der Waals surface area contributed by atoms with Gasteiger partial charge in [-0.2, -0.15) is 5.10 Å². The molecule has 0 saturated carbocycles. The summed E-state index contributed by atoms with van der Waals surface area (Å²) < 4.78 is 1.80. The van der Waals surface area contributed by atoms with Crippen LogP contribution in [0.25, 0.3) is 11.4 Å². The molecule has 0 bridgehead atoms. The molecule has 0 atom stereocenters. The van der Waals surface area contributed by atoms with E-state index in [-0.39, 0.29) is 5.69 Å². The van der Waals surface area contributed by atoms with E-state index in [0.29, 0.717) is 17.4 Å². The number of nitro benzene ring substituents is 1. The number of non-ortho nitro benzene ring substituents is 1. The highest BCUT2D eigenvalue weighted by atomic mass is 16.6. The molecule has 3 rings (SSSR count). The van der Waals surface area contributed by atoms with Crippen molar-refractivity contribution in [1.29, 1.82) is 0 Å². The molecule has 0 radical (unpaired) electrons. The third-order valence-corrected chi connectivity index (χ3v) is 2.96. The first-order valence-corrected chi connectivity index (χ1v) is 5.61. The predicted octanol–water partition coefficient (Wildman–Crippen LogP) is 0.998. The molecule has 0 amide bonds. The van der Waals surface area contributed by atoms with E-state index < -0.39 is 4.92 Å². The molecular formula is C11H11N5O2. The van der Waals surface area contributed by atoms with Crippen molar-refractivity contribution in [2.45, 2.75) is 6.04 Å². The Hall–Kier alpha value is -2.28. The highest BCUT2D eigenvalue weighted by Gasteiger charge is 2.20. The maximum atomic E-state index is 10.7. The normalized spacial score (nSPS) is 15.3. The smallest absolute Gasteiger partial charge is 0.270 e. The summed E-state index contributed by atoms with van der Waals surface area (Å²) in [6, 6.07) is 6.68. The maximum Gasteiger partial charge on any atom is 0.270 e. The molecule has 18 heavy (non-hydrogen) atoms. The number of hydrogen-bond acceptors (Lipinski definition) is 5. The van der Waals surface area contributed by atoms with Crippen LogP contribution in [0, 0.1) is 10.1 Å². The minimum absolute atomic E-state index is 0.0501. The molecule has 1 N–H and O–H groups in total. The molecule has 2 heterocycles. The molecule has 1 aromatic heterocycles. The standard InChI is InChI=1S/C11H11N5O2/c17-16(18)9-3-1-2-8(4-9)11-13-7-15(14-11)10-5-12-6-10/h1-4,7,10,12H,5-6H2. The molecule has 7 heteroatoms. The van der Waals surface area contributed by atoms with Gasteiger partial charge in [0.2, 0.25) is 0 Å². The van der Waals surface area contributed by atoms with Gasteiger partial charge in [-0.15, -0.1) is 0 Å². The van der Waals surface area contributed by atoms with Crippen molar-refractivity contribution in [2.75, 3.05) is 13.1 Å². The first-order chi connectivity index (χ1) is 8.74. The lowest BCUT2D eigenvalue weighted by atomic mass is 10.2. The molecule has 0 unspecified atom stereocenters. The molecule has 1 aromatic carbocycles. The first kappa shape index (κ1) is 10.8. The lowest BCUT2D eigenvalue weighted by molar-refractivity contribution is -0.384. The van der Waals surface area contributed by atoms with E-state index in [0.717, 1.165) is 13.1 Å². The minimum Gasteiger partial charge on any atom is -0.312 e. The van der Waals surface area contributed by atoms with Crippen LogP contribution in [0.3, 0.4) is 0 Å². The van der Waals surface area contributed by atoms with Crippen LogP contribution in [-0.4, -0.2) is 32.8 Å². The summed E-state index contributed by atoms with van der Waals surface area (Å²) in [6.45, 7) is 1.77. The quantitative estimate of drug-likeness (QED) is 0.644. The number of hydrogen-bond donors (Lipinski definition) is 1. The van der Waals surface area contributed by atoms with Gasteiger partial charge in [-0.05, 0) is 0 Å². The monoisotopic (exact) mass is 245 g/mol. The SMILES string of the molecule is O=[N+]([O-])c1cccc(-c2ncn(C3CNC3)n2)c1. The molecule has 1 fully saturated rings. The van der Waals surface area contributed by atoms with Gasteiger partial charge in [-0.25, -0.2) is 9.67 Å². The van der Waals surface area contributed by atoms with Gasteiger partial charge < -0.3 is 5.32 Å². The van der Waals surface area contributed by atoms with Gasteiger partial charge in [0, 0.05) is 30.8 Å². The largest absolute Gasteiger partial charge is 0.312 e. The second-order valence-electron chi connectivity index (χ2n) is 4.17. The Morgan fingerprint density at radius 3 is 2.94 bits per heavy atom. The zero-order chi connectivity index (χ0) is 12.5. The average Bonchev–Trinajstić information content (AvgIpc) is 2.76. The second kappa shape index (κ2) is 4.19. The molecule has 1 aliphatic rings. The van der Waals surface area contributed by atoms with Crippen molar-refractivity contribution in [2.24, 2.45) is 0 Å². The van der Waals surface area contributed by atoms with Crippen LogP contribution in [0.2, 0.25) is 0 Å². The third kappa shape index (κ3) is 1.84. The highest BCUT2D eigenvalue weighted by molar-refractivity contribution is 5.58. The van der Waals surface area contributed by atoms with Crippen LogP contribution in [0.4, 0.5) is 5.69 Å². The number of rotatable bonds is 3. The molecule has 92 valence electrons. The molecule has 1 saturated heterocycles. The van der Waals surface area contributed by atoms with Crippen molar-refractivity contribution in [3.05, 3.63) is 40.7 Å². The second-order valence-corrected chi connectivity index (χ2v) is 4.17. The van der Waals surface area contributed by atoms with E-state index >= 15 is 0 Å². The molecule has 1 aliphatic heterocycles. The van der Waals surface area contributed by atoms with Crippen molar-refractivity contribution in [1.82, 2.24) is 20.1 Å². The third-order valence-electron chi connectivity index (χ3n) is 2.96. The fraction of sp³-hybridized carbons (Fsp3) is 0.273. The fourth-order valence-corrected chi connectivity index (χ4v) is 1.80. The van der Waals surface area contributed by atoms with Crippen molar-refractivity contribution in [3.8, 4) is 11.4 Å². The topological polar surface area (TPSA) is 85.9 Å². The van der Waals surface area contributed by atoms with Crippen molar-refractivity contribution in [3.63, 3.8) is 0 Å².